The molecule has 0 aromatic heterocycles. The summed E-state index contributed by atoms with van der Waals surface area (Å²) in [6, 6.07) is 5.96. The Balaban J connectivity index is 2.66. The molecule has 0 atom stereocenters. The summed E-state index contributed by atoms with van der Waals surface area (Å²) in [5.74, 6) is 1.56. The highest BCUT2D eigenvalue weighted by Crippen LogP contribution is 2.28. The molecule has 0 saturated heterocycles. The van der Waals surface area contributed by atoms with Crippen molar-refractivity contribution in [2.75, 3.05) is 20.3 Å². The monoisotopic (exact) mass is 263 g/mol. The van der Waals surface area contributed by atoms with E-state index in [9.17, 15) is 0 Å². The Morgan fingerprint density at radius 1 is 1.21 bits per heavy atom. The molecule has 1 aromatic carbocycles. The van der Waals surface area contributed by atoms with Gasteiger partial charge in [-0.25, -0.2) is 0 Å². The Bertz CT molecular complexity index is 419. The van der Waals surface area contributed by atoms with Crippen LogP contribution in [-0.4, -0.2) is 25.8 Å². The smallest absolute Gasteiger partial charge is 0.161 e. The van der Waals surface area contributed by atoms with Gasteiger partial charge in [0.1, 0.15) is 0 Å². The number of hydrogen-bond donors (Lipinski definition) is 1. The van der Waals surface area contributed by atoms with E-state index in [2.05, 4.69) is 38.2 Å². The minimum Gasteiger partial charge on any atom is -0.493 e. The van der Waals surface area contributed by atoms with E-state index in [0.29, 0.717) is 6.61 Å². The van der Waals surface area contributed by atoms with Crippen LogP contribution in [0.4, 0.5) is 0 Å². The lowest BCUT2D eigenvalue weighted by Crippen LogP contribution is -2.35. The molecule has 0 saturated carbocycles. The fourth-order valence-electron chi connectivity index (χ4n) is 1.62. The molecule has 3 heteroatoms. The van der Waals surface area contributed by atoms with E-state index in [1.165, 1.54) is 0 Å². The van der Waals surface area contributed by atoms with Crippen molar-refractivity contribution in [2.45, 2.75) is 33.2 Å². The second-order valence-corrected chi connectivity index (χ2v) is 5.38. The molecule has 0 heterocycles. The Hall–Kier alpha value is -1.48. The summed E-state index contributed by atoms with van der Waals surface area (Å²) in [5.41, 5.74) is 1.25. The van der Waals surface area contributed by atoms with Gasteiger partial charge in [-0.2, -0.15) is 0 Å². The summed E-state index contributed by atoms with van der Waals surface area (Å²) < 4.78 is 10.8. The van der Waals surface area contributed by atoms with Crippen LogP contribution in [0.1, 0.15) is 33.3 Å². The van der Waals surface area contributed by atoms with Gasteiger partial charge in [-0.15, -0.1) is 0 Å². The summed E-state index contributed by atoms with van der Waals surface area (Å²) in [5, 5.41) is 3.41. The highest BCUT2D eigenvalue weighted by Gasteiger charge is 2.06. The van der Waals surface area contributed by atoms with Crippen molar-refractivity contribution >= 4 is 6.08 Å². The van der Waals surface area contributed by atoms with Crippen molar-refractivity contribution < 1.29 is 9.47 Å². The molecule has 1 rings (SSSR count). The number of ether oxygens (including phenoxy) is 2. The van der Waals surface area contributed by atoms with Crippen LogP contribution in [0.2, 0.25) is 0 Å². The van der Waals surface area contributed by atoms with Gasteiger partial charge in [0.05, 0.1) is 13.7 Å². The number of benzene rings is 1. The predicted molar refractivity (Wildman–Crippen MR) is 81.0 cm³/mol. The van der Waals surface area contributed by atoms with Crippen molar-refractivity contribution in [1.29, 1.82) is 0 Å². The topological polar surface area (TPSA) is 30.5 Å². The normalized spacial score (nSPS) is 11.8. The zero-order valence-corrected chi connectivity index (χ0v) is 12.6. The van der Waals surface area contributed by atoms with Gasteiger partial charge >= 0.3 is 0 Å². The van der Waals surface area contributed by atoms with Crippen molar-refractivity contribution in [3.05, 3.63) is 29.8 Å². The molecule has 0 fully saturated rings. The van der Waals surface area contributed by atoms with Crippen LogP contribution in [0, 0.1) is 0 Å². The maximum Gasteiger partial charge on any atom is 0.161 e. The Labute approximate surface area is 116 Å². The van der Waals surface area contributed by atoms with Crippen LogP contribution in [-0.2, 0) is 0 Å². The van der Waals surface area contributed by atoms with Crippen LogP contribution >= 0.6 is 0 Å². The van der Waals surface area contributed by atoms with E-state index in [1.54, 1.807) is 7.11 Å². The maximum atomic E-state index is 5.49. The van der Waals surface area contributed by atoms with Gasteiger partial charge in [-0.3, -0.25) is 0 Å². The molecule has 0 bridgehead atoms. The van der Waals surface area contributed by atoms with E-state index < -0.39 is 0 Å². The molecule has 3 nitrogen and oxygen atoms in total. The van der Waals surface area contributed by atoms with Crippen molar-refractivity contribution in [2.24, 2.45) is 0 Å². The lowest BCUT2D eigenvalue weighted by molar-refractivity contribution is 0.311. The molecular weight excluding hydrogens is 238 g/mol. The highest BCUT2D eigenvalue weighted by molar-refractivity contribution is 5.56. The summed E-state index contributed by atoms with van der Waals surface area (Å²) in [6.07, 6.45) is 4.19. The third kappa shape index (κ3) is 5.79. The third-order valence-corrected chi connectivity index (χ3v) is 2.55. The van der Waals surface area contributed by atoms with E-state index in [-0.39, 0.29) is 5.54 Å². The zero-order valence-electron chi connectivity index (χ0n) is 12.6. The van der Waals surface area contributed by atoms with Crippen LogP contribution < -0.4 is 14.8 Å². The van der Waals surface area contributed by atoms with Gasteiger partial charge in [0, 0.05) is 12.1 Å². The lowest BCUT2D eigenvalue weighted by atomic mass is 10.1. The molecule has 0 unspecified atom stereocenters. The molecule has 1 N–H and O–H groups in total. The minimum atomic E-state index is 0.140. The Morgan fingerprint density at radius 2 is 1.95 bits per heavy atom. The largest absolute Gasteiger partial charge is 0.493 e. The maximum absolute atomic E-state index is 5.49. The summed E-state index contributed by atoms with van der Waals surface area (Å²) in [4.78, 5) is 0. The molecule has 0 aliphatic rings. The first kappa shape index (κ1) is 15.6. The van der Waals surface area contributed by atoms with Gasteiger partial charge in [0.15, 0.2) is 11.5 Å². The van der Waals surface area contributed by atoms with E-state index in [4.69, 9.17) is 9.47 Å². The first-order valence-corrected chi connectivity index (χ1v) is 6.68. The van der Waals surface area contributed by atoms with Crippen LogP contribution in [0.25, 0.3) is 6.08 Å². The molecule has 19 heavy (non-hydrogen) atoms. The average Bonchev–Trinajstić information content (AvgIpc) is 2.35. The van der Waals surface area contributed by atoms with E-state index >= 15 is 0 Å². The van der Waals surface area contributed by atoms with Gasteiger partial charge in [0.2, 0.25) is 0 Å². The molecule has 0 spiro atoms. The average molecular weight is 263 g/mol. The Morgan fingerprint density at radius 3 is 2.53 bits per heavy atom. The van der Waals surface area contributed by atoms with Crippen molar-refractivity contribution in [3.8, 4) is 11.5 Å². The van der Waals surface area contributed by atoms with Gasteiger partial charge in [-0.1, -0.05) is 18.2 Å². The molecule has 106 valence electrons. The summed E-state index contributed by atoms with van der Waals surface area (Å²) in [6.45, 7) is 9.91. The number of hydrogen-bond acceptors (Lipinski definition) is 3. The second kappa shape index (κ2) is 7.19. The first-order valence-electron chi connectivity index (χ1n) is 6.68. The number of rotatable bonds is 6. The number of nitrogens with one attached hydrogen (secondary N) is 1. The standard InChI is InChI=1S/C16H25NO2/c1-6-19-14-10-9-13(12-15(14)18-5)8-7-11-17-16(2,3)4/h7-10,12,17H,6,11H2,1-5H3. The molecule has 0 aliphatic heterocycles. The minimum absolute atomic E-state index is 0.140. The summed E-state index contributed by atoms with van der Waals surface area (Å²) >= 11 is 0. The highest BCUT2D eigenvalue weighted by atomic mass is 16.5. The molecule has 0 amide bonds. The summed E-state index contributed by atoms with van der Waals surface area (Å²) in [7, 11) is 1.66. The van der Waals surface area contributed by atoms with Gasteiger partial charge < -0.3 is 14.8 Å². The first-order chi connectivity index (χ1) is 8.96. The quantitative estimate of drug-likeness (QED) is 0.852. The Kier molecular flexibility index (Phi) is 5.90. The van der Waals surface area contributed by atoms with Crippen LogP contribution in [0.5, 0.6) is 11.5 Å². The molecule has 0 aliphatic carbocycles. The second-order valence-electron chi connectivity index (χ2n) is 5.38. The van der Waals surface area contributed by atoms with Gasteiger partial charge in [0.25, 0.3) is 0 Å². The lowest BCUT2D eigenvalue weighted by Gasteiger charge is -2.18. The molecule has 0 radical (unpaired) electrons. The van der Waals surface area contributed by atoms with E-state index in [1.807, 2.05) is 25.1 Å². The van der Waals surface area contributed by atoms with Crippen molar-refractivity contribution in [3.63, 3.8) is 0 Å². The van der Waals surface area contributed by atoms with Crippen LogP contribution in [0.15, 0.2) is 24.3 Å². The third-order valence-electron chi connectivity index (χ3n) is 2.55. The fraction of sp³-hybridized carbons (Fsp3) is 0.500. The van der Waals surface area contributed by atoms with E-state index in [0.717, 1.165) is 23.6 Å². The number of methoxy groups -OCH3 is 1. The van der Waals surface area contributed by atoms with Gasteiger partial charge in [-0.05, 0) is 45.4 Å². The zero-order chi connectivity index (χ0) is 14.3. The molecular formula is C16H25NO2. The predicted octanol–water partition coefficient (Wildman–Crippen LogP) is 3.50. The molecule has 1 aromatic rings. The SMILES string of the molecule is CCOc1ccc(C=CCNC(C)(C)C)cc1OC. The fourth-order valence-corrected chi connectivity index (χ4v) is 1.62. The van der Waals surface area contributed by atoms with Crippen molar-refractivity contribution in [1.82, 2.24) is 5.32 Å². The van der Waals surface area contributed by atoms with Crippen LogP contribution in [0.3, 0.4) is 0 Å².